The van der Waals surface area contributed by atoms with Crippen LogP contribution in [0.4, 0.5) is 10.1 Å². The summed E-state index contributed by atoms with van der Waals surface area (Å²) in [5, 5.41) is 0. The number of carbonyl (C=O) groups is 2. The summed E-state index contributed by atoms with van der Waals surface area (Å²) in [6, 6.07) is 5.21. The first-order chi connectivity index (χ1) is 13.7. The van der Waals surface area contributed by atoms with Gasteiger partial charge in [0.25, 0.3) is 17.6 Å². The molecule has 0 bridgehead atoms. The SMILES string of the molecule is O=C(c1ccc2c(c1)C1(OCCCO1)C(=O)N2CCCCF)N1CCOCC1. The summed E-state index contributed by atoms with van der Waals surface area (Å²) in [5.41, 5.74) is 1.73. The fourth-order valence-electron chi connectivity index (χ4n) is 3.92. The number of anilines is 1. The molecule has 0 saturated carbocycles. The summed E-state index contributed by atoms with van der Waals surface area (Å²) >= 11 is 0. The van der Waals surface area contributed by atoms with Gasteiger partial charge in [0.15, 0.2) is 0 Å². The number of benzene rings is 1. The van der Waals surface area contributed by atoms with Crippen LogP contribution in [0.25, 0.3) is 0 Å². The first kappa shape index (κ1) is 19.3. The fourth-order valence-corrected chi connectivity index (χ4v) is 3.92. The van der Waals surface area contributed by atoms with Crippen LogP contribution >= 0.6 is 0 Å². The van der Waals surface area contributed by atoms with Gasteiger partial charge in [-0.1, -0.05) is 0 Å². The Morgan fingerprint density at radius 3 is 2.57 bits per heavy atom. The van der Waals surface area contributed by atoms with Crippen LogP contribution in [0.5, 0.6) is 0 Å². The highest BCUT2D eigenvalue weighted by atomic mass is 19.1. The molecule has 0 aromatic heterocycles. The van der Waals surface area contributed by atoms with E-state index in [9.17, 15) is 14.0 Å². The zero-order valence-electron chi connectivity index (χ0n) is 15.8. The van der Waals surface area contributed by atoms with E-state index < -0.39 is 12.5 Å². The van der Waals surface area contributed by atoms with Crippen LogP contribution in [0.3, 0.4) is 0 Å². The molecule has 2 fully saturated rings. The molecular formula is C20H25FN2O5. The lowest BCUT2D eigenvalue weighted by atomic mass is 10.0. The molecule has 8 heteroatoms. The monoisotopic (exact) mass is 392 g/mol. The Kier molecular flexibility index (Phi) is 5.61. The van der Waals surface area contributed by atoms with Crippen molar-refractivity contribution in [2.24, 2.45) is 0 Å². The van der Waals surface area contributed by atoms with Gasteiger partial charge in [-0.3, -0.25) is 14.0 Å². The minimum Gasteiger partial charge on any atom is -0.378 e. The standard InChI is InChI=1S/C20H25FN2O5/c21-6-1-2-7-23-17-5-4-15(18(24)22-8-12-26-13-9-22)14-16(17)20(19(23)25)27-10-3-11-28-20/h4-5,14H,1-3,6-13H2. The van der Waals surface area contributed by atoms with Crippen molar-refractivity contribution in [3.8, 4) is 0 Å². The number of alkyl halides is 1. The average molecular weight is 392 g/mol. The van der Waals surface area contributed by atoms with Crippen molar-refractivity contribution in [3.63, 3.8) is 0 Å². The number of unbranched alkanes of at least 4 members (excludes halogenated alkanes) is 1. The molecule has 2 saturated heterocycles. The molecule has 2 amide bonds. The van der Waals surface area contributed by atoms with E-state index in [0.717, 1.165) is 0 Å². The van der Waals surface area contributed by atoms with Crippen LogP contribution in [0.2, 0.25) is 0 Å². The number of rotatable bonds is 5. The normalized spacial score (nSPS) is 21.2. The molecule has 1 aromatic rings. The summed E-state index contributed by atoms with van der Waals surface area (Å²) in [5.74, 6) is -1.89. The van der Waals surface area contributed by atoms with E-state index in [2.05, 4.69) is 0 Å². The number of hydrogen-bond acceptors (Lipinski definition) is 5. The predicted molar refractivity (Wildman–Crippen MR) is 98.9 cm³/mol. The van der Waals surface area contributed by atoms with Crippen LogP contribution in [-0.2, 0) is 24.8 Å². The van der Waals surface area contributed by atoms with Crippen LogP contribution in [0, 0.1) is 0 Å². The summed E-state index contributed by atoms with van der Waals surface area (Å²) in [4.78, 5) is 29.4. The molecule has 0 N–H and O–H groups in total. The largest absolute Gasteiger partial charge is 0.378 e. The number of nitrogens with zero attached hydrogens (tertiary/aromatic N) is 2. The first-order valence-corrected chi connectivity index (χ1v) is 9.85. The lowest BCUT2D eigenvalue weighted by molar-refractivity contribution is -0.256. The van der Waals surface area contributed by atoms with E-state index in [4.69, 9.17) is 14.2 Å². The molecule has 0 radical (unpaired) electrons. The molecule has 3 aliphatic rings. The van der Waals surface area contributed by atoms with Gasteiger partial charge in [0.05, 0.1) is 38.8 Å². The highest BCUT2D eigenvalue weighted by molar-refractivity contribution is 6.07. The fraction of sp³-hybridized carbons (Fsp3) is 0.600. The second-order valence-corrected chi connectivity index (χ2v) is 7.16. The molecule has 1 aromatic carbocycles. The smallest absolute Gasteiger partial charge is 0.292 e. The van der Waals surface area contributed by atoms with Gasteiger partial charge < -0.3 is 24.0 Å². The average Bonchev–Trinajstić information content (AvgIpc) is 2.97. The van der Waals surface area contributed by atoms with Crippen LogP contribution in [0.15, 0.2) is 18.2 Å². The summed E-state index contributed by atoms with van der Waals surface area (Å²) in [6.45, 7) is 2.92. The van der Waals surface area contributed by atoms with E-state index in [-0.39, 0.29) is 11.8 Å². The number of halogens is 1. The van der Waals surface area contributed by atoms with Gasteiger partial charge in [-0.25, -0.2) is 0 Å². The number of fused-ring (bicyclic) bond motifs is 2. The van der Waals surface area contributed by atoms with Gasteiger partial charge in [-0.2, -0.15) is 0 Å². The van der Waals surface area contributed by atoms with Crippen LogP contribution in [-0.4, -0.2) is 69.5 Å². The van der Waals surface area contributed by atoms with Crippen molar-refractivity contribution in [1.82, 2.24) is 4.90 Å². The third kappa shape index (κ3) is 3.29. The third-order valence-corrected chi connectivity index (χ3v) is 5.38. The number of morpholine rings is 1. The summed E-state index contributed by atoms with van der Waals surface area (Å²) in [7, 11) is 0. The molecular weight excluding hydrogens is 367 g/mol. The molecule has 152 valence electrons. The Morgan fingerprint density at radius 1 is 1.11 bits per heavy atom. The maximum Gasteiger partial charge on any atom is 0.292 e. The van der Waals surface area contributed by atoms with Crippen molar-refractivity contribution in [1.29, 1.82) is 0 Å². The molecule has 0 aliphatic carbocycles. The predicted octanol–water partition coefficient (Wildman–Crippen LogP) is 1.84. The van der Waals surface area contributed by atoms with Gasteiger partial charge in [-0.05, 0) is 37.5 Å². The van der Waals surface area contributed by atoms with Crippen LogP contribution < -0.4 is 4.90 Å². The van der Waals surface area contributed by atoms with E-state index in [1.54, 1.807) is 28.0 Å². The minimum atomic E-state index is -1.50. The van der Waals surface area contributed by atoms with E-state index in [1.165, 1.54) is 0 Å². The molecule has 3 heterocycles. The van der Waals surface area contributed by atoms with E-state index in [0.29, 0.717) is 82.1 Å². The third-order valence-electron chi connectivity index (χ3n) is 5.38. The Labute approximate surface area is 163 Å². The molecule has 28 heavy (non-hydrogen) atoms. The molecule has 7 nitrogen and oxygen atoms in total. The van der Waals surface area contributed by atoms with Gasteiger partial charge in [0.2, 0.25) is 0 Å². The maximum absolute atomic E-state index is 13.2. The zero-order valence-corrected chi connectivity index (χ0v) is 15.8. The number of hydrogen-bond donors (Lipinski definition) is 0. The van der Waals surface area contributed by atoms with E-state index >= 15 is 0 Å². The highest BCUT2D eigenvalue weighted by Gasteiger charge is 2.55. The highest BCUT2D eigenvalue weighted by Crippen LogP contribution is 2.45. The maximum atomic E-state index is 13.2. The Morgan fingerprint density at radius 2 is 1.86 bits per heavy atom. The quantitative estimate of drug-likeness (QED) is 0.716. The molecule has 4 rings (SSSR count). The molecule has 0 unspecified atom stereocenters. The number of ether oxygens (including phenoxy) is 3. The summed E-state index contributed by atoms with van der Waals surface area (Å²) in [6.07, 6.45) is 1.65. The van der Waals surface area contributed by atoms with E-state index in [1.807, 2.05) is 0 Å². The number of carbonyl (C=O) groups excluding carboxylic acids is 2. The topological polar surface area (TPSA) is 68.3 Å². The second kappa shape index (κ2) is 8.14. The van der Waals surface area contributed by atoms with Gasteiger partial charge >= 0.3 is 0 Å². The number of amides is 2. The molecule has 1 spiro atoms. The minimum absolute atomic E-state index is 0.0969. The van der Waals surface area contributed by atoms with Crippen molar-refractivity contribution >= 4 is 17.5 Å². The van der Waals surface area contributed by atoms with Gasteiger partial charge in [0, 0.05) is 30.8 Å². The molecule has 0 atom stereocenters. The van der Waals surface area contributed by atoms with Gasteiger partial charge in [0.1, 0.15) is 0 Å². The van der Waals surface area contributed by atoms with Crippen LogP contribution in [0.1, 0.15) is 35.2 Å². The van der Waals surface area contributed by atoms with Gasteiger partial charge in [-0.15, -0.1) is 0 Å². The Balaban J connectivity index is 1.67. The Hall–Kier alpha value is -2.03. The Bertz CT molecular complexity index is 744. The zero-order chi connectivity index (χ0) is 19.6. The van der Waals surface area contributed by atoms with Crippen molar-refractivity contribution < 1.29 is 28.2 Å². The molecule has 3 aliphatic heterocycles. The summed E-state index contributed by atoms with van der Waals surface area (Å²) < 4.78 is 29.5. The lowest BCUT2D eigenvalue weighted by Crippen LogP contribution is -2.47. The lowest BCUT2D eigenvalue weighted by Gasteiger charge is -2.32. The van der Waals surface area contributed by atoms with Crippen molar-refractivity contribution in [2.45, 2.75) is 25.0 Å². The second-order valence-electron chi connectivity index (χ2n) is 7.16. The first-order valence-electron chi connectivity index (χ1n) is 9.85. The van der Waals surface area contributed by atoms with Crippen molar-refractivity contribution in [3.05, 3.63) is 29.3 Å². The van der Waals surface area contributed by atoms with Crippen molar-refractivity contribution in [2.75, 3.05) is 57.6 Å².